The van der Waals surface area contributed by atoms with Crippen molar-refractivity contribution in [1.82, 2.24) is 9.97 Å². The number of aromatic amines is 2. The zero-order chi connectivity index (χ0) is 20.8. The van der Waals surface area contributed by atoms with Crippen LogP contribution in [0.4, 0.5) is 11.5 Å². The van der Waals surface area contributed by atoms with Crippen molar-refractivity contribution < 1.29 is 9.59 Å². The maximum Gasteiger partial charge on any atom is 0.258 e. The van der Waals surface area contributed by atoms with Crippen molar-refractivity contribution in [2.45, 2.75) is 5.41 Å². The number of nitrogens with one attached hydrogen (secondary N) is 4. The van der Waals surface area contributed by atoms with Crippen LogP contribution in [0.15, 0.2) is 57.3 Å². The molecule has 3 aliphatic rings. The molecule has 9 heteroatoms. The van der Waals surface area contributed by atoms with E-state index in [1.165, 1.54) is 0 Å². The number of hydrogen-bond donors (Lipinski definition) is 4. The Balaban J connectivity index is 1.83. The second-order valence-corrected chi connectivity index (χ2v) is 8.63. The molecule has 1 atom stereocenters. The third kappa shape index (κ3) is 1.93. The minimum Gasteiger partial charge on any atom is -0.340 e. The Morgan fingerprint density at radius 2 is 1.70 bits per heavy atom. The highest BCUT2D eigenvalue weighted by Crippen LogP contribution is 2.56. The molecule has 2 aliphatic heterocycles. The summed E-state index contributed by atoms with van der Waals surface area (Å²) in [6, 6.07) is 12.4. The third-order valence-corrected chi connectivity index (χ3v) is 6.53. The van der Waals surface area contributed by atoms with E-state index >= 15 is 0 Å². The van der Waals surface area contributed by atoms with E-state index < -0.39 is 16.9 Å². The predicted octanol–water partition coefficient (Wildman–Crippen LogP) is 3.47. The molecule has 7 nitrogen and oxygen atoms in total. The SMILES string of the molecule is O=C1C2=C(Nc3[nH]c(=S)[nH]c(=O)c3C23C(=O)Nc2ccc(Br)cc23)c2ccccc21. The molecule has 3 heterocycles. The Bertz CT molecular complexity index is 1500. The van der Waals surface area contributed by atoms with Gasteiger partial charge in [-0.05, 0) is 30.4 Å². The number of ketones is 1. The van der Waals surface area contributed by atoms with Crippen LogP contribution >= 0.6 is 28.1 Å². The topological polar surface area (TPSA) is 107 Å². The van der Waals surface area contributed by atoms with E-state index in [-0.39, 0.29) is 21.7 Å². The molecule has 0 saturated heterocycles. The zero-order valence-corrected chi connectivity index (χ0v) is 17.5. The standard InChI is InChI=1S/C21H11BrN4O3S/c22-8-5-6-12-11(7-8)21(19(29)23-12)13-15(9-3-1-2-4-10(9)16(13)27)24-17-14(21)18(28)26-20(30)25-17/h1-7H,(H,23,29)(H3,24,25,26,28,30). The van der Waals surface area contributed by atoms with Gasteiger partial charge in [0.2, 0.25) is 5.91 Å². The van der Waals surface area contributed by atoms with E-state index in [4.69, 9.17) is 12.2 Å². The summed E-state index contributed by atoms with van der Waals surface area (Å²) in [7, 11) is 0. The van der Waals surface area contributed by atoms with Crippen molar-refractivity contribution in [2.24, 2.45) is 0 Å². The summed E-state index contributed by atoms with van der Waals surface area (Å²) in [6.45, 7) is 0. The molecule has 1 spiro atoms. The molecular formula is C21H11BrN4O3S. The quantitative estimate of drug-likeness (QED) is 0.370. The number of benzene rings is 2. The summed E-state index contributed by atoms with van der Waals surface area (Å²) in [5, 5.41) is 6.03. The molecule has 0 saturated carbocycles. The first-order chi connectivity index (χ1) is 14.4. The summed E-state index contributed by atoms with van der Waals surface area (Å²) in [5.74, 6) is -0.443. The van der Waals surface area contributed by atoms with Gasteiger partial charge in [0.1, 0.15) is 11.2 Å². The number of rotatable bonds is 0. The number of anilines is 2. The summed E-state index contributed by atoms with van der Waals surface area (Å²) in [5.41, 5.74) is 0.960. The summed E-state index contributed by atoms with van der Waals surface area (Å²) in [6.07, 6.45) is 0. The van der Waals surface area contributed by atoms with E-state index in [9.17, 15) is 14.4 Å². The highest BCUT2D eigenvalue weighted by Gasteiger charge is 2.60. The van der Waals surface area contributed by atoms with E-state index in [2.05, 4.69) is 36.5 Å². The molecule has 0 bridgehead atoms. The monoisotopic (exact) mass is 478 g/mol. The first kappa shape index (κ1) is 17.5. The largest absolute Gasteiger partial charge is 0.340 e. The number of amides is 1. The van der Waals surface area contributed by atoms with Crippen LogP contribution in [0.25, 0.3) is 5.70 Å². The summed E-state index contributed by atoms with van der Waals surface area (Å²) in [4.78, 5) is 45.9. The van der Waals surface area contributed by atoms with Gasteiger partial charge in [0, 0.05) is 32.4 Å². The molecule has 1 aromatic heterocycles. The Morgan fingerprint density at radius 3 is 2.50 bits per heavy atom. The molecule has 30 heavy (non-hydrogen) atoms. The molecule has 3 aromatic rings. The van der Waals surface area contributed by atoms with Crippen LogP contribution in [-0.4, -0.2) is 21.7 Å². The maximum absolute atomic E-state index is 13.6. The highest BCUT2D eigenvalue weighted by molar-refractivity contribution is 9.10. The second-order valence-electron chi connectivity index (χ2n) is 7.30. The minimum absolute atomic E-state index is 0.116. The predicted molar refractivity (Wildman–Crippen MR) is 117 cm³/mol. The van der Waals surface area contributed by atoms with Gasteiger partial charge < -0.3 is 15.6 Å². The molecule has 1 unspecified atom stereocenters. The normalized spacial score (nSPS) is 20.4. The molecule has 146 valence electrons. The van der Waals surface area contributed by atoms with Gasteiger partial charge in [-0.3, -0.25) is 19.4 Å². The van der Waals surface area contributed by atoms with Gasteiger partial charge in [0.15, 0.2) is 10.6 Å². The fourth-order valence-corrected chi connectivity index (χ4v) is 5.28. The average Bonchev–Trinajstić information content (AvgIpc) is 3.14. The fraction of sp³-hybridized carbons (Fsp3) is 0.0476. The molecular weight excluding hydrogens is 468 g/mol. The van der Waals surface area contributed by atoms with Crippen molar-refractivity contribution in [1.29, 1.82) is 0 Å². The Hall–Kier alpha value is -3.30. The smallest absolute Gasteiger partial charge is 0.258 e. The molecule has 0 radical (unpaired) electrons. The van der Waals surface area contributed by atoms with Crippen molar-refractivity contribution in [2.75, 3.05) is 10.6 Å². The van der Waals surface area contributed by atoms with Gasteiger partial charge >= 0.3 is 0 Å². The maximum atomic E-state index is 13.6. The van der Waals surface area contributed by atoms with Gasteiger partial charge in [0.05, 0.1) is 11.3 Å². The number of Topliss-reactive ketones (excluding diaryl/α,β-unsaturated/α-hetero) is 1. The van der Waals surface area contributed by atoms with Crippen LogP contribution in [-0.2, 0) is 10.2 Å². The van der Waals surface area contributed by atoms with Crippen LogP contribution < -0.4 is 16.2 Å². The van der Waals surface area contributed by atoms with Gasteiger partial charge in [0.25, 0.3) is 5.56 Å². The van der Waals surface area contributed by atoms with E-state index in [0.717, 1.165) is 4.47 Å². The number of H-pyrrole nitrogens is 2. The first-order valence-electron chi connectivity index (χ1n) is 9.07. The Kier molecular flexibility index (Phi) is 3.30. The summed E-state index contributed by atoms with van der Waals surface area (Å²) >= 11 is 8.61. The van der Waals surface area contributed by atoms with Crippen LogP contribution in [0.3, 0.4) is 0 Å². The van der Waals surface area contributed by atoms with Crippen LogP contribution in [0.2, 0.25) is 0 Å². The third-order valence-electron chi connectivity index (χ3n) is 5.84. The van der Waals surface area contributed by atoms with Crippen LogP contribution in [0.1, 0.15) is 27.0 Å². The van der Waals surface area contributed by atoms with Crippen molar-refractivity contribution in [3.05, 3.63) is 89.9 Å². The van der Waals surface area contributed by atoms with E-state index in [1.807, 2.05) is 12.1 Å². The molecule has 1 aliphatic carbocycles. The van der Waals surface area contributed by atoms with Crippen molar-refractivity contribution in [3.8, 4) is 0 Å². The van der Waals surface area contributed by atoms with Gasteiger partial charge in [-0.25, -0.2) is 0 Å². The zero-order valence-electron chi connectivity index (χ0n) is 15.1. The van der Waals surface area contributed by atoms with Gasteiger partial charge in [-0.2, -0.15) is 0 Å². The van der Waals surface area contributed by atoms with E-state index in [1.54, 1.807) is 30.3 Å². The van der Waals surface area contributed by atoms with Crippen molar-refractivity contribution in [3.63, 3.8) is 0 Å². The number of hydrogen-bond acceptors (Lipinski definition) is 5. The van der Waals surface area contributed by atoms with Gasteiger partial charge in [-0.1, -0.05) is 40.2 Å². The number of carbonyl (C=O) groups excluding carboxylic acids is 2. The number of fused-ring (bicyclic) bond motifs is 7. The second kappa shape index (κ2) is 5.65. The Labute approximate surface area is 182 Å². The number of halogens is 1. The minimum atomic E-state index is -1.61. The lowest BCUT2D eigenvalue weighted by molar-refractivity contribution is -0.118. The van der Waals surface area contributed by atoms with E-state index in [0.29, 0.717) is 33.9 Å². The number of aromatic nitrogens is 2. The first-order valence-corrected chi connectivity index (χ1v) is 10.3. The van der Waals surface area contributed by atoms with Crippen LogP contribution in [0.5, 0.6) is 0 Å². The Morgan fingerprint density at radius 1 is 0.933 bits per heavy atom. The lowest BCUT2D eigenvalue weighted by Crippen LogP contribution is -2.47. The molecule has 2 aromatic carbocycles. The molecule has 0 fully saturated rings. The molecule has 4 N–H and O–H groups in total. The van der Waals surface area contributed by atoms with Crippen molar-refractivity contribution >= 4 is 57.0 Å². The lowest BCUT2D eigenvalue weighted by atomic mass is 9.67. The highest BCUT2D eigenvalue weighted by atomic mass is 79.9. The van der Waals surface area contributed by atoms with Gasteiger partial charge in [-0.15, -0.1) is 0 Å². The average molecular weight is 479 g/mol. The fourth-order valence-electron chi connectivity index (χ4n) is 4.73. The van der Waals surface area contributed by atoms with Crippen LogP contribution in [0, 0.1) is 4.77 Å². The molecule has 1 amide bonds. The lowest BCUT2D eigenvalue weighted by Gasteiger charge is -2.34. The number of carbonyl (C=O) groups is 2. The summed E-state index contributed by atoms with van der Waals surface area (Å²) < 4.78 is 0.846. The molecule has 6 rings (SSSR count).